The van der Waals surface area contributed by atoms with Gasteiger partial charge in [-0.2, -0.15) is 5.10 Å². The molecule has 0 aliphatic carbocycles. The third-order valence-corrected chi connectivity index (χ3v) is 5.59. The van der Waals surface area contributed by atoms with Gasteiger partial charge in [0.1, 0.15) is 5.75 Å². The van der Waals surface area contributed by atoms with Crippen LogP contribution in [0.2, 0.25) is 0 Å². The molecule has 1 heterocycles. The Morgan fingerprint density at radius 1 is 1.03 bits per heavy atom. The van der Waals surface area contributed by atoms with Gasteiger partial charge in [0.25, 0.3) is 5.91 Å². The van der Waals surface area contributed by atoms with E-state index in [1.54, 1.807) is 31.2 Å². The molecular weight excluding hydrogens is 406 g/mol. The predicted octanol–water partition coefficient (Wildman–Crippen LogP) is 5.40. The van der Waals surface area contributed by atoms with Gasteiger partial charge < -0.3 is 4.74 Å². The lowest BCUT2D eigenvalue weighted by atomic mass is 10.0. The van der Waals surface area contributed by atoms with E-state index in [-0.39, 0.29) is 5.91 Å². The van der Waals surface area contributed by atoms with E-state index in [1.807, 2.05) is 79.1 Å². The minimum atomic E-state index is -0.287. The van der Waals surface area contributed by atoms with Gasteiger partial charge >= 0.3 is 0 Å². The number of nitrogens with zero attached hydrogens (tertiary/aromatic N) is 2. The van der Waals surface area contributed by atoms with E-state index in [4.69, 9.17) is 9.72 Å². The number of hydrogen-bond donors (Lipinski definition) is 1. The Hall–Kier alpha value is -3.64. The molecule has 0 radical (unpaired) electrons. The molecule has 0 saturated carbocycles. The number of methoxy groups -OCH3 is 1. The van der Waals surface area contributed by atoms with Crippen LogP contribution in [0.3, 0.4) is 0 Å². The number of ether oxygens (including phenoxy) is 1. The number of hydrazone groups is 1. The Labute approximate surface area is 185 Å². The molecule has 154 valence electrons. The fraction of sp³-hybridized carbons (Fsp3) is 0.0800. The van der Waals surface area contributed by atoms with Crippen molar-refractivity contribution in [2.45, 2.75) is 4.90 Å². The first kappa shape index (κ1) is 20.6. The van der Waals surface area contributed by atoms with Gasteiger partial charge in [0.2, 0.25) is 0 Å². The highest BCUT2D eigenvalue weighted by Crippen LogP contribution is 2.26. The fourth-order valence-corrected chi connectivity index (χ4v) is 3.60. The first-order chi connectivity index (χ1) is 15.2. The molecule has 0 aliphatic heterocycles. The zero-order valence-electron chi connectivity index (χ0n) is 17.2. The van der Waals surface area contributed by atoms with Crippen molar-refractivity contribution in [3.63, 3.8) is 0 Å². The summed E-state index contributed by atoms with van der Waals surface area (Å²) in [7, 11) is 1.63. The summed E-state index contributed by atoms with van der Waals surface area (Å²) in [5.41, 5.74) is 6.44. The van der Waals surface area contributed by atoms with Gasteiger partial charge in [0, 0.05) is 15.8 Å². The molecule has 0 bridgehead atoms. The Bertz CT molecular complexity index is 1240. The third-order valence-electron chi connectivity index (χ3n) is 4.84. The maximum Gasteiger partial charge on any atom is 0.272 e. The lowest BCUT2D eigenvalue weighted by molar-refractivity contribution is 0.0956. The number of benzene rings is 3. The van der Waals surface area contributed by atoms with E-state index in [0.717, 1.165) is 27.8 Å². The highest BCUT2D eigenvalue weighted by atomic mass is 32.2. The minimum absolute atomic E-state index is 0.287. The Morgan fingerprint density at radius 3 is 2.48 bits per heavy atom. The molecule has 31 heavy (non-hydrogen) atoms. The molecule has 5 nitrogen and oxygen atoms in total. The zero-order valence-corrected chi connectivity index (χ0v) is 18.0. The second-order valence-corrected chi connectivity index (χ2v) is 7.65. The van der Waals surface area contributed by atoms with Crippen LogP contribution in [0.15, 0.2) is 88.9 Å². The zero-order chi connectivity index (χ0) is 21.6. The number of carbonyl (C=O) groups excluding carboxylic acids is 1. The first-order valence-corrected chi connectivity index (χ1v) is 10.9. The molecule has 0 fully saturated rings. The van der Waals surface area contributed by atoms with E-state index in [0.29, 0.717) is 11.3 Å². The molecule has 0 spiro atoms. The minimum Gasteiger partial charge on any atom is -0.497 e. The van der Waals surface area contributed by atoms with Crippen LogP contribution in [-0.2, 0) is 0 Å². The summed E-state index contributed by atoms with van der Waals surface area (Å²) in [6.07, 6.45) is 3.67. The summed E-state index contributed by atoms with van der Waals surface area (Å²) >= 11 is 1.68. The van der Waals surface area contributed by atoms with Crippen LogP contribution in [0.25, 0.3) is 22.2 Å². The number of hydrogen-bond acceptors (Lipinski definition) is 5. The van der Waals surface area contributed by atoms with Crippen molar-refractivity contribution in [1.82, 2.24) is 10.4 Å². The number of pyridine rings is 1. The van der Waals surface area contributed by atoms with Gasteiger partial charge in [-0.15, -0.1) is 11.8 Å². The van der Waals surface area contributed by atoms with Gasteiger partial charge in [-0.3, -0.25) is 4.79 Å². The lowest BCUT2D eigenvalue weighted by Crippen LogP contribution is -2.18. The molecule has 4 rings (SSSR count). The molecule has 3 aromatic carbocycles. The van der Waals surface area contributed by atoms with Crippen LogP contribution in [-0.4, -0.2) is 30.5 Å². The summed E-state index contributed by atoms with van der Waals surface area (Å²) in [4.78, 5) is 18.9. The van der Waals surface area contributed by atoms with Gasteiger partial charge in [0.15, 0.2) is 0 Å². The second-order valence-electron chi connectivity index (χ2n) is 6.77. The molecule has 1 amide bonds. The molecule has 4 aromatic rings. The summed E-state index contributed by atoms with van der Waals surface area (Å²) in [5.74, 6) is 0.479. The largest absolute Gasteiger partial charge is 0.497 e. The number of amides is 1. The van der Waals surface area contributed by atoms with Gasteiger partial charge in [-0.1, -0.05) is 30.3 Å². The summed E-state index contributed by atoms with van der Waals surface area (Å²) in [5, 5.41) is 4.91. The highest BCUT2D eigenvalue weighted by Gasteiger charge is 2.13. The van der Waals surface area contributed by atoms with E-state index in [2.05, 4.69) is 10.5 Å². The normalized spacial score (nSPS) is 11.0. The summed E-state index contributed by atoms with van der Waals surface area (Å²) < 4.78 is 5.23. The monoisotopic (exact) mass is 427 g/mol. The first-order valence-electron chi connectivity index (χ1n) is 9.69. The number of fused-ring (bicyclic) bond motifs is 1. The van der Waals surface area contributed by atoms with Gasteiger partial charge in [-0.25, -0.2) is 10.4 Å². The highest BCUT2D eigenvalue weighted by molar-refractivity contribution is 7.98. The molecule has 6 heteroatoms. The van der Waals surface area contributed by atoms with Gasteiger partial charge in [0.05, 0.1) is 30.1 Å². The molecular formula is C25H21N3O2S. The van der Waals surface area contributed by atoms with E-state index >= 15 is 0 Å². The molecule has 0 saturated heterocycles. The smallest absolute Gasteiger partial charge is 0.272 e. The van der Waals surface area contributed by atoms with Crippen LogP contribution >= 0.6 is 11.8 Å². The Morgan fingerprint density at radius 2 is 1.77 bits per heavy atom. The van der Waals surface area contributed by atoms with Crippen LogP contribution in [0.1, 0.15) is 15.9 Å². The number of carbonyl (C=O) groups is 1. The summed E-state index contributed by atoms with van der Waals surface area (Å²) in [6, 6.07) is 24.9. The standard InChI is InChI=1S/C25H21N3O2S/c1-30-19-11-9-18(10-12-19)24-15-22(21-5-3-4-6-23(21)27-24)25(29)28-26-16-17-7-13-20(31-2)14-8-17/h3-16H,1-2H3,(H,28,29). The van der Waals surface area contributed by atoms with Crippen LogP contribution in [0, 0.1) is 0 Å². The number of rotatable bonds is 6. The van der Waals surface area contributed by atoms with Crippen LogP contribution in [0.5, 0.6) is 5.75 Å². The fourth-order valence-electron chi connectivity index (χ4n) is 3.19. The van der Waals surface area contributed by atoms with Crippen molar-refractivity contribution in [3.05, 3.63) is 90.0 Å². The molecule has 1 N–H and O–H groups in total. The number of thioether (sulfide) groups is 1. The average molecular weight is 428 g/mol. The molecule has 0 unspecified atom stereocenters. The van der Waals surface area contributed by atoms with Crippen molar-refractivity contribution in [2.24, 2.45) is 5.10 Å². The Balaban J connectivity index is 1.63. The van der Waals surface area contributed by atoms with Gasteiger partial charge in [-0.05, 0) is 60.4 Å². The quantitative estimate of drug-likeness (QED) is 0.254. The second kappa shape index (κ2) is 9.45. The van der Waals surface area contributed by atoms with Crippen molar-refractivity contribution in [2.75, 3.05) is 13.4 Å². The number of nitrogens with one attached hydrogen (secondary N) is 1. The lowest BCUT2D eigenvalue weighted by Gasteiger charge is -2.09. The topological polar surface area (TPSA) is 63.6 Å². The van der Waals surface area contributed by atoms with Crippen LogP contribution < -0.4 is 10.2 Å². The van der Waals surface area contributed by atoms with Crippen molar-refractivity contribution < 1.29 is 9.53 Å². The van der Waals surface area contributed by atoms with E-state index in [9.17, 15) is 4.79 Å². The van der Waals surface area contributed by atoms with Crippen molar-refractivity contribution in [3.8, 4) is 17.0 Å². The molecule has 0 aliphatic rings. The molecule has 0 atom stereocenters. The number of para-hydroxylation sites is 1. The number of aromatic nitrogens is 1. The van der Waals surface area contributed by atoms with E-state index < -0.39 is 0 Å². The third kappa shape index (κ3) is 4.75. The van der Waals surface area contributed by atoms with Crippen molar-refractivity contribution >= 4 is 34.8 Å². The average Bonchev–Trinajstić information content (AvgIpc) is 2.83. The van der Waals surface area contributed by atoms with Crippen molar-refractivity contribution in [1.29, 1.82) is 0 Å². The molecule has 1 aromatic heterocycles. The predicted molar refractivity (Wildman–Crippen MR) is 127 cm³/mol. The van der Waals surface area contributed by atoms with Crippen LogP contribution in [0.4, 0.5) is 0 Å². The maximum atomic E-state index is 13.0. The van der Waals surface area contributed by atoms with E-state index in [1.165, 1.54) is 4.90 Å². The maximum absolute atomic E-state index is 13.0. The Kier molecular flexibility index (Phi) is 6.29. The summed E-state index contributed by atoms with van der Waals surface area (Å²) in [6.45, 7) is 0. The SMILES string of the molecule is COc1ccc(-c2cc(C(=O)NN=Cc3ccc(SC)cc3)c3ccccc3n2)cc1.